The number of nitrogens with zero attached hydrogens (tertiary/aromatic N) is 3. The van der Waals surface area contributed by atoms with Crippen LogP contribution in [0.5, 0.6) is 0 Å². The molecule has 0 radical (unpaired) electrons. The largest absolute Gasteiger partial charge is 0.375 e. The number of anilines is 2. The topological polar surface area (TPSA) is 50.3 Å². The van der Waals surface area contributed by atoms with Crippen LogP contribution >= 0.6 is 0 Å². The van der Waals surface area contributed by atoms with Crippen molar-refractivity contribution in [2.45, 2.75) is 38.5 Å². The molecule has 1 aliphatic heterocycles. The number of nitrogens with one attached hydrogen (secondary N) is 1. The van der Waals surface area contributed by atoms with E-state index in [0.29, 0.717) is 25.2 Å². The fraction of sp³-hybridized carbons (Fsp3) is 0.333. The number of rotatable bonds is 8. The summed E-state index contributed by atoms with van der Waals surface area (Å²) >= 11 is 0. The lowest BCUT2D eigenvalue weighted by molar-refractivity contribution is 0.108. The average molecular weight is 389 g/mol. The van der Waals surface area contributed by atoms with Gasteiger partial charge >= 0.3 is 0 Å². The Balaban J connectivity index is 1.37. The fourth-order valence-electron chi connectivity index (χ4n) is 3.80. The fourth-order valence-corrected chi connectivity index (χ4v) is 3.80. The number of aromatic nitrogens is 2. The summed E-state index contributed by atoms with van der Waals surface area (Å²) in [6.45, 7) is 4.49. The molecule has 2 atom stereocenters. The molecule has 29 heavy (non-hydrogen) atoms. The van der Waals surface area contributed by atoms with Crippen molar-refractivity contribution in [3.63, 3.8) is 0 Å². The van der Waals surface area contributed by atoms with Crippen LogP contribution in [0.4, 0.5) is 11.8 Å². The second-order valence-electron chi connectivity index (χ2n) is 7.51. The third-order valence-corrected chi connectivity index (χ3v) is 5.38. The minimum Gasteiger partial charge on any atom is -0.375 e. The predicted molar refractivity (Wildman–Crippen MR) is 117 cm³/mol. The van der Waals surface area contributed by atoms with Crippen LogP contribution in [-0.4, -0.2) is 29.2 Å². The van der Waals surface area contributed by atoms with Gasteiger partial charge in [0.2, 0.25) is 5.95 Å². The minimum absolute atomic E-state index is 0.148. The van der Waals surface area contributed by atoms with Crippen molar-refractivity contribution in [2.24, 2.45) is 0 Å². The van der Waals surface area contributed by atoms with Crippen LogP contribution < -0.4 is 10.2 Å². The molecule has 0 aliphatic carbocycles. The van der Waals surface area contributed by atoms with Gasteiger partial charge in [-0.3, -0.25) is 0 Å². The van der Waals surface area contributed by atoms with Gasteiger partial charge in [0.05, 0.1) is 25.3 Å². The smallest absolute Gasteiger partial charge is 0.225 e. The molecule has 2 heterocycles. The molecule has 5 heteroatoms. The van der Waals surface area contributed by atoms with Gasteiger partial charge in [0.15, 0.2) is 0 Å². The molecule has 0 spiro atoms. The lowest BCUT2D eigenvalue weighted by atomic mass is 10.1. The first-order valence-corrected chi connectivity index (χ1v) is 10.3. The van der Waals surface area contributed by atoms with E-state index in [4.69, 9.17) is 9.72 Å². The highest BCUT2D eigenvalue weighted by Gasteiger charge is 2.26. The van der Waals surface area contributed by atoms with E-state index in [-0.39, 0.29) is 6.04 Å². The van der Waals surface area contributed by atoms with E-state index in [1.165, 1.54) is 11.1 Å². The highest BCUT2D eigenvalue weighted by Crippen LogP contribution is 2.25. The second-order valence-corrected chi connectivity index (χ2v) is 7.51. The van der Waals surface area contributed by atoms with E-state index in [9.17, 15) is 0 Å². The molecule has 0 unspecified atom stereocenters. The molecule has 0 bridgehead atoms. The van der Waals surface area contributed by atoms with Crippen molar-refractivity contribution in [1.29, 1.82) is 0 Å². The first kappa shape index (κ1) is 19.4. The number of hydrogen-bond acceptors (Lipinski definition) is 5. The zero-order valence-electron chi connectivity index (χ0n) is 16.9. The molecule has 0 amide bonds. The highest BCUT2D eigenvalue weighted by molar-refractivity contribution is 5.45. The van der Waals surface area contributed by atoms with E-state index in [1.807, 2.05) is 36.5 Å². The summed E-state index contributed by atoms with van der Waals surface area (Å²) in [4.78, 5) is 11.6. The van der Waals surface area contributed by atoms with Crippen LogP contribution in [0.3, 0.4) is 0 Å². The molecular weight excluding hydrogens is 360 g/mol. The standard InChI is InChI=1S/C24H28N4O/c1-19(21-11-6-3-7-12-21)26-24-25-15-14-23(27-24)28-16-8-13-22(28)18-29-17-20-9-4-2-5-10-20/h2-7,9-12,14-15,19,22H,8,13,16-18H2,1H3,(H,25,26,27)/t19-,22-/m0/s1. The summed E-state index contributed by atoms with van der Waals surface area (Å²) in [6, 6.07) is 23.2. The first-order valence-electron chi connectivity index (χ1n) is 10.3. The maximum atomic E-state index is 6.01. The van der Waals surface area contributed by atoms with Crippen LogP contribution in [0.25, 0.3) is 0 Å². The third-order valence-electron chi connectivity index (χ3n) is 5.38. The second kappa shape index (κ2) is 9.52. The molecule has 4 rings (SSSR count). The van der Waals surface area contributed by atoms with Gasteiger partial charge in [-0.1, -0.05) is 60.7 Å². The Kier molecular flexibility index (Phi) is 6.37. The number of benzene rings is 2. The maximum absolute atomic E-state index is 6.01. The summed E-state index contributed by atoms with van der Waals surface area (Å²) in [7, 11) is 0. The van der Waals surface area contributed by atoms with E-state index in [0.717, 1.165) is 25.2 Å². The Bertz CT molecular complexity index is 888. The Hall–Kier alpha value is -2.92. The van der Waals surface area contributed by atoms with Gasteiger partial charge in [-0.05, 0) is 37.0 Å². The molecule has 1 saturated heterocycles. The summed E-state index contributed by atoms with van der Waals surface area (Å²) in [5, 5.41) is 3.42. The van der Waals surface area contributed by atoms with Gasteiger partial charge in [0.1, 0.15) is 5.82 Å². The molecule has 0 saturated carbocycles. The van der Waals surface area contributed by atoms with Crippen LogP contribution in [0, 0.1) is 0 Å². The van der Waals surface area contributed by atoms with Crippen molar-refractivity contribution in [1.82, 2.24) is 9.97 Å². The van der Waals surface area contributed by atoms with Crippen molar-refractivity contribution in [2.75, 3.05) is 23.4 Å². The third kappa shape index (κ3) is 5.12. The zero-order chi connectivity index (χ0) is 19.9. The molecule has 1 aliphatic rings. The van der Waals surface area contributed by atoms with Gasteiger partial charge in [-0.2, -0.15) is 4.98 Å². The Labute approximate surface area is 172 Å². The number of hydrogen-bond donors (Lipinski definition) is 1. The van der Waals surface area contributed by atoms with E-state index in [1.54, 1.807) is 0 Å². The van der Waals surface area contributed by atoms with Crippen LogP contribution in [0.15, 0.2) is 72.9 Å². The summed E-state index contributed by atoms with van der Waals surface area (Å²) in [6.07, 6.45) is 4.12. The van der Waals surface area contributed by atoms with Gasteiger partial charge in [-0.25, -0.2) is 4.98 Å². The molecule has 5 nitrogen and oxygen atoms in total. The SMILES string of the molecule is C[C@H](Nc1nccc(N2CCC[C@H]2COCc2ccccc2)n1)c1ccccc1. The summed E-state index contributed by atoms with van der Waals surface area (Å²) in [5.41, 5.74) is 2.43. The molecule has 1 aromatic heterocycles. The lowest BCUT2D eigenvalue weighted by Gasteiger charge is -2.26. The average Bonchev–Trinajstić information content (AvgIpc) is 3.24. The molecule has 1 fully saturated rings. The Morgan fingerprint density at radius 2 is 1.83 bits per heavy atom. The monoisotopic (exact) mass is 388 g/mol. The van der Waals surface area contributed by atoms with Crippen molar-refractivity contribution >= 4 is 11.8 Å². The molecule has 3 aromatic rings. The Morgan fingerprint density at radius 3 is 2.62 bits per heavy atom. The minimum atomic E-state index is 0.148. The lowest BCUT2D eigenvalue weighted by Crippen LogP contribution is -2.34. The molecule has 1 N–H and O–H groups in total. The van der Waals surface area contributed by atoms with E-state index in [2.05, 4.69) is 58.5 Å². The quantitative estimate of drug-likeness (QED) is 0.599. The summed E-state index contributed by atoms with van der Waals surface area (Å²) in [5.74, 6) is 1.63. The van der Waals surface area contributed by atoms with E-state index < -0.39 is 0 Å². The molecule has 150 valence electrons. The first-order chi connectivity index (χ1) is 14.3. The van der Waals surface area contributed by atoms with Gasteiger partial charge < -0.3 is 15.0 Å². The highest BCUT2D eigenvalue weighted by atomic mass is 16.5. The van der Waals surface area contributed by atoms with E-state index >= 15 is 0 Å². The molecule has 2 aromatic carbocycles. The van der Waals surface area contributed by atoms with Gasteiger partial charge in [-0.15, -0.1) is 0 Å². The summed E-state index contributed by atoms with van der Waals surface area (Å²) < 4.78 is 6.01. The number of ether oxygens (including phenoxy) is 1. The molecular formula is C24H28N4O. The van der Waals surface area contributed by atoms with Crippen molar-refractivity contribution < 1.29 is 4.74 Å². The van der Waals surface area contributed by atoms with Crippen molar-refractivity contribution in [3.05, 3.63) is 84.1 Å². The Morgan fingerprint density at radius 1 is 1.07 bits per heavy atom. The van der Waals surface area contributed by atoms with Gasteiger partial charge in [0.25, 0.3) is 0 Å². The zero-order valence-corrected chi connectivity index (χ0v) is 16.9. The van der Waals surface area contributed by atoms with Crippen LogP contribution in [-0.2, 0) is 11.3 Å². The predicted octanol–water partition coefficient (Wildman–Crippen LogP) is 4.84. The van der Waals surface area contributed by atoms with Gasteiger partial charge in [0, 0.05) is 12.7 Å². The normalized spacial score (nSPS) is 17.3. The van der Waals surface area contributed by atoms with Crippen molar-refractivity contribution in [3.8, 4) is 0 Å². The van der Waals surface area contributed by atoms with Crippen LogP contribution in [0.1, 0.15) is 36.9 Å². The maximum Gasteiger partial charge on any atom is 0.225 e. The van der Waals surface area contributed by atoms with Crippen LogP contribution in [0.2, 0.25) is 0 Å².